The Balaban J connectivity index is 2.17. The van der Waals surface area contributed by atoms with Crippen LogP contribution in [0.15, 0.2) is 59.5 Å². The summed E-state index contributed by atoms with van der Waals surface area (Å²) in [6.45, 7) is 8.36. The molecule has 0 aliphatic rings. The Morgan fingerprint density at radius 1 is 1.00 bits per heavy atom. The molecule has 0 spiro atoms. The molecule has 5 nitrogen and oxygen atoms in total. The Hall–Kier alpha value is -2.18. The molecule has 152 valence electrons. The molecule has 0 heterocycles. The minimum absolute atomic E-state index is 0.125. The summed E-state index contributed by atoms with van der Waals surface area (Å²) >= 11 is 0. The van der Waals surface area contributed by atoms with E-state index < -0.39 is 10.0 Å². The molecule has 2 aromatic rings. The van der Waals surface area contributed by atoms with Crippen molar-refractivity contribution in [2.75, 3.05) is 13.6 Å². The highest BCUT2D eigenvalue weighted by Crippen LogP contribution is 2.24. The molecule has 0 radical (unpaired) electrons. The van der Waals surface area contributed by atoms with Gasteiger partial charge >= 0.3 is 0 Å². The van der Waals surface area contributed by atoms with Crippen molar-refractivity contribution in [3.05, 3.63) is 65.7 Å². The average molecular weight is 403 g/mol. The topological polar surface area (TPSA) is 66.5 Å². The van der Waals surface area contributed by atoms with E-state index in [1.807, 2.05) is 32.0 Å². The molecule has 1 amide bonds. The quantitative estimate of drug-likeness (QED) is 0.728. The lowest BCUT2D eigenvalue weighted by Gasteiger charge is -2.22. The fourth-order valence-electron chi connectivity index (χ4n) is 2.99. The van der Waals surface area contributed by atoms with Crippen molar-refractivity contribution in [3.63, 3.8) is 0 Å². The van der Waals surface area contributed by atoms with Gasteiger partial charge in [0.1, 0.15) is 0 Å². The van der Waals surface area contributed by atoms with E-state index in [9.17, 15) is 13.2 Å². The van der Waals surface area contributed by atoms with Crippen molar-refractivity contribution >= 4 is 15.9 Å². The summed E-state index contributed by atoms with van der Waals surface area (Å²) in [7, 11) is -2.09. The first-order valence-electron chi connectivity index (χ1n) is 9.55. The van der Waals surface area contributed by atoms with E-state index in [-0.39, 0.29) is 22.8 Å². The lowest BCUT2D eigenvalue weighted by atomic mass is 9.88. The highest BCUT2D eigenvalue weighted by Gasteiger charge is 2.24. The van der Waals surface area contributed by atoms with Gasteiger partial charge in [0.2, 0.25) is 10.0 Å². The van der Waals surface area contributed by atoms with Crippen LogP contribution in [0.2, 0.25) is 0 Å². The van der Waals surface area contributed by atoms with Gasteiger partial charge in [-0.2, -0.15) is 4.31 Å². The fourth-order valence-corrected chi connectivity index (χ4v) is 4.40. The maximum atomic E-state index is 12.7. The molecule has 0 saturated heterocycles. The van der Waals surface area contributed by atoms with Crippen LogP contribution in [0, 0.1) is 5.92 Å². The van der Waals surface area contributed by atoms with E-state index in [0.717, 1.165) is 0 Å². The van der Waals surface area contributed by atoms with Gasteiger partial charge < -0.3 is 5.32 Å². The minimum Gasteiger partial charge on any atom is -0.351 e. The van der Waals surface area contributed by atoms with Crippen molar-refractivity contribution in [1.29, 1.82) is 0 Å². The molecular weight excluding hydrogens is 372 g/mol. The molecule has 2 rings (SSSR count). The number of benzene rings is 2. The summed E-state index contributed by atoms with van der Waals surface area (Å²) in [5.41, 5.74) is 1.52. The van der Waals surface area contributed by atoms with Gasteiger partial charge in [0.05, 0.1) is 4.90 Å². The second-order valence-electron chi connectivity index (χ2n) is 7.61. The number of carbonyl (C=O) groups is 1. The zero-order chi connectivity index (χ0) is 20.9. The third-order valence-electron chi connectivity index (χ3n) is 5.02. The fraction of sp³-hybridized carbons (Fsp3) is 0.409. The number of carbonyl (C=O) groups excluding carboxylic acids is 1. The summed E-state index contributed by atoms with van der Waals surface area (Å²) in [4.78, 5) is 12.8. The molecule has 2 aromatic carbocycles. The van der Waals surface area contributed by atoms with Crippen molar-refractivity contribution < 1.29 is 13.2 Å². The number of nitrogens with one attached hydrogen (secondary N) is 1. The monoisotopic (exact) mass is 402 g/mol. The van der Waals surface area contributed by atoms with Crippen molar-refractivity contribution in [1.82, 2.24) is 9.62 Å². The molecule has 28 heavy (non-hydrogen) atoms. The van der Waals surface area contributed by atoms with Gasteiger partial charge in [0.15, 0.2) is 0 Å². The van der Waals surface area contributed by atoms with Crippen LogP contribution >= 0.6 is 0 Å². The molecule has 0 fully saturated rings. The molecule has 6 heteroatoms. The smallest absolute Gasteiger partial charge is 0.251 e. The van der Waals surface area contributed by atoms with E-state index in [4.69, 9.17) is 0 Å². The first kappa shape index (κ1) is 22.1. The van der Waals surface area contributed by atoms with E-state index in [2.05, 4.69) is 31.3 Å². The summed E-state index contributed by atoms with van der Waals surface area (Å²) in [6.07, 6.45) is 0. The predicted molar refractivity (Wildman–Crippen MR) is 113 cm³/mol. The largest absolute Gasteiger partial charge is 0.351 e. The Bertz CT molecular complexity index is 893. The molecule has 0 aliphatic heterocycles. The number of hydrogen-bond donors (Lipinski definition) is 1. The number of amides is 1. The number of sulfonamides is 1. The lowest BCUT2D eigenvalue weighted by Crippen LogP contribution is -2.33. The Kier molecular flexibility index (Phi) is 7.38. The standard InChI is InChI=1S/C22H30N2O3S/c1-16(2)21(18-10-7-6-8-11-18)15-23-22(25)19-12-9-13-20(14-19)28(26,27)24(5)17(3)4/h6-14,16-17,21H,15H2,1-5H3,(H,23,25). The summed E-state index contributed by atoms with van der Waals surface area (Å²) < 4.78 is 26.7. The maximum absolute atomic E-state index is 12.7. The molecular formula is C22H30N2O3S. The predicted octanol–water partition coefficient (Wildman–Crippen LogP) is 3.89. The zero-order valence-electron chi connectivity index (χ0n) is 17.2. The van der Waals surface area contributed by atoms with Crippen LogP contribution in [0.4, 0.5) is 0 Å². The number of rotatable bonds is 8. The molecule has 0 aliphatic carbocycles. The molecule has 1 N–H and O–H groups in total. The zero-order valence-corrected chi connectivity index (χ0v) is 18.0. The first-order valence-corrected chi connectivity index (χ1v) is 11.0. The summed E-state index contributed by atoms with van der Waals surface area (Å²) in [6, 6.07) is 16.1. The van der Waals surface area contributed by atoms with Crippen molar-refractivity contribution in [3.8, 4) is 0 Å². The number of nitrogens with zero attached hydrogens (tertiary/aromatic N) is 1. The molecule has 0 bridgehead atoms. The van der Waals surface area contributed by atoms with Crippen LogP contribution in [0.5, 0.6) is 0 Å². The van der Waals surface area contributed by atoms with Crippen molar-refractivity contribution in [2.24, 2.45) is 5.92 Å². The van der Waals surface area contributed by atoms with E-state index in [0.29, 0.717) is 18.0 Å². The van der Waals surface area contributed by atoms with Gasteiger partial charge in [-0.05, 0) is 43.5 Å². The van der Waals surface area contributed by atoms with Crippen LogP contribution < -0.4 is 5.32 Å². The van der Waals surface area contributed by atoms with Crippen LogP contribution in [-0.4, -0.2) is 38.3 Å². The van der Waals surface area contributed by atoms with E-state index in [1.165, 1.54) is 22.0 Å². The normalized spacial score (nSPS) is 13.1. The van der Waals surface area contributed by atoms with Crippen molar-refractivity contribution in [2.45, 2.75) is 44.6 Å². The van der Waals surface area contributed by atoms with Crippen LogP contribution in [-0.2, 0) is 10.0 Å². The SMILES string of the molecule is CC(C)C(CNC(=O)c1cccc(S(=O)(=O)N(C)C(C)C)c1)c1ccccc1. The summed E-state index contributed by atoms with van der Waals surface area (Å²) in [5, 5.41) is 2.96. The highest BCUT2D eigenvalue weighted by molar-refractivity contribution is 7.89. The molecule has 0 saturated carbocycles. The van der Waals surface area contributed by atoms with Crippen LogP contribution in [0.3, 0.4) is 0 Å². The third-order valence-corrected chi connectivity index (χ3v) is 7.04. The maximum Gasteiger partial charge on any atom is 0.251 e. The van der Waals surface area contributed by atoms with Gasteiger partial charge in [-0.3, -0.25) is 4.79 Å². The lowest BCUT2D eigenvalue weighted by molar-refractivity contribution is 0.0949. The Morgan fingerprint density at radius 3 is 2.21 bits per heavy atom. The van der Waals surface area contributed by atoms with Gasteiger partial charge in [-0.1, -0.05) is 50.2 Å². The van der Waals surface area contributed by atoms with Crippen LogP contribution in [0.1, 0.15) is 49.5 Å². The van der Waals surface area contributed by atoms with E-state index in [1.54, 1.807) is 19.2 Å². The first-order chi connectivity index (χ1) is 13.1. The second kappa shape index (κ2) is 9.34. The minimum atomic E-state index is -3.63. The summed E-state index contributed by atoms with van der Waals surface area (Å²) in [5.74, 6) is 0.268. The molecule has 0 aromatic heterocycles. The highest BCUT2D eigenvalue weighted by atomic mass is 32.2. The van der Waals surface area contributed by atoms with Crippen LogP contribution in [0.25, 0.3) is 0 Å². The molecule has 1 unspecified atom stereocenters. The second-order valence-corrected chi connectivity index (χ2v) is 9.61. The van der Waals surface area contributed by atoms with Gasteiger partial charge in [0, 0.05) is 31.1 Å². The molecule has 1 atom stereocenters. The third kappa shape index (κ3) is 5.20. The van der Waals surface area contributed by atoms with Gasteiger partial charge in [-0.25, -0.2) is 8.42 Å². The van der Waals surface area contributed by atoms with Gasteiger partial charge in [0.25, 0.3) is 5.91 Å². The van der Waals surface area contributed by atoms with E-state index >= 15 is 0 Å². The Labute approximate surface area is 168 Å². The Morgan fingerprint density at radius 2 is 1.64 bits per heavy atom. The average Bonchev–Trinajstić information content (AvgIpc) is 2.68. The number of hydrogen-bond acceptors (Lipinski definition) is 3. The van der Waals surface area contributed by atoms with Gasteiger partial charge in [-0.15, -0.1) is 0 Å².